The number of fused-ring (bicyclic) bond motifs is 1. The zero-order valence-corrected chi connectivity index (χ0v) is 29.2. The molecule has 0 atom stereocenters. The molecule has 1 aliphatic rings. The largest absolute Gasteiger partial charge is 0.342 e. The van der Waals surface area contributed by atoms with Gasteiger partial charge < -0.3 is 9.80 Å². The molecule has 44 heavy (non-hydrogen) atoms. The van der Waals surface area contributed by atoms with Crippen molar-refractivity contribution in [1.82, 2.24) is 0 Å². The Hall–Kier alpha value is -3.52. The van der Waals surface area contributed by atoms with Crippen LogP contribution < -0.4 is 9.80 Å². The molecule has 0 aliphatic heterocycles. The van der Waals surface area contributed by atoms with Gasteiger partial charge in [0.05, 0.1) is 0 Å². The van der Waals surface area contributed by atoms with Crippen molar-refractivity contribution in [3.05, 3.63) is 107 Å². The maximum atomic E-state index is 2.58. The molecule has 232 valence electrons. The number of anilines is 4. The van der Waals surface area contributed by atoms with Gasteiger partial charge in [-0.1, -0.05) is 90.9 Å². The molecule has 0 aromatic heterocycles. The first-order valence-corrected chi connectivity index (χ1v) is 16.7. The third-order valence-electron chi connectivity index (χ3n) is 9.83. The summed E-state index contributed by atoms with van der Waals surface area (Å²) in [5.74, 6) is 0. The zero-order valence-electron chi connectivity index (χ0n) is 29.2. The molecule has 5 rings (SSSR count). The van der Waals surface area contributed by atoms with Gasteiger partial charge in [-0.15, -0.1) is 0 Å². The predicted octanol–water partition coefficient (Wildman–Crippen LogP) is 12.0. The molecule has 0 amide bonds. The lowest BCUT2D eigenvalue weighted by Gasteiger charge is -2.43. The fourth-order valence-electron chi connectivity index (χ4n) is 7.06. The molecule has 2 heteroatoms. The fourth-order valence-corrected chi connectivity index (χ4v) is 7.06. The molecule has 0 saturated carbocycles. The van der Waals surface area contributed by atoms with E-state index in [4.69, 9.17) is 0 Å². The molecular formula is C42H54N2. The predicted molar refractivity (Wildman–Crippen MR) is 193 cm³/mol. The highest BCUT2D eigenvalue weighted by atomic mass is 15.2. The minimum Gasteiger partial charge on any atom is -0.342 e. The van der Waals surface area contributed by atoms with Crippen LogP contribution in [-0.4, -0.2) is 12.6 Å². The van der Waals surface area contributed by atoms with E-state index >= 15 is 0 Å². The van der Waals surface area contributed by atoms with Crippen LogP contribution in [0.3, 0.4) is 0 Å². The van der Waals surface area contributed by atoms with Gasteiger partial charge >= 0.3 is 0 Å². The summed E-state index contributed by atoms with van der Waals surface area (Å²) in [6.45, 7) is 26.6. The Morgan fingerprint density at radius 2 is 1.27 bits per heavy atom. The van der Waals surface area contributed by atoms with Crippen molar-refractivity contribution in [1.29, 1.82) is 0 Å². The summed E-state index contributed by atoms with van der Waals surface area (Å²) in [6, 6.07) is 32.6. The number of hydrogen-bond donors (Lipinski definition) is 0. The molecule has 4 aromatic carbocycles. The molecule has 0 spiro atoms. The van der Waals surface area contributed by atoms with Gasteiger partial charge in [0, 0.05) is 40.9 Å². The van der Waals surface area contributed by atoms with E-state index in [2.05, 4.69) is 171 Å². The molecule has 0 N–H and O–H groups in total. The Morgan fingerprint density at radius 1 is 0.705 bits per heavy atom. The van der Waals surface area contributed by atoms with E-state index in [1.165, 1.54) is 69.0 Å². The minimum atomic E-state index is 0.132. The second-order valence-electron chi connectivity index (χ2n) is 15.6. The maximum Gasteiger partial charge on any atom is 0.0496 e. The van der Waals surface area contributed by atoms with Crippen molar-refractivity contribution < 1.29 is 0 Å². The molecule has 0 unspecified atom stereocenters. The Labute approximate surface area is 268 Å². The van der Waals surface area contributed by atoms with E-state index in [9.17, 15) is 0 Å². The number of nitrogens with zero attached hydrogens (tertiary/aromatic N) is 2. The molecule has 0 bridgehead atoms. The molecule has 0 saturated heterocycles. The molecule has 1 aliphatic carbocycles. The fraction of sp³-hybridized carbons (Fsp3) is 0.429. The third kappa shape index (κ3) is 6.19. The highest BCUT2D eigenvalue weighted by Gasteiger charge is 2.38. The minimum absolute atomic E-state index is 0.132. The lowest BCUT2D eigenvalue weighted by Crippen LogP contribution is -2.35. The lowest BCUT2D eigenvalue weighted by atomic mass is 9.62. The van der Waals surface area contributed by atoms with Gasteiger partial charge in [0.1, 0.15) is 0 Å². The lowest BCUT2D eigenvalue weighted by molar-refractivity contribution is 0.332. The monoisotopic (exact) mass is 586 g/mol. The summed E-state index contributed by atoms with van der Waals surface area (Å²) in [4.78, 5) is 5.02. The van der Waals surface area contributed by atoms with Crippen LogP contribution in [0.1, 0.15) is 104 Å². The van der Waals surface area contributed by atoms with Crippen LogP contribution in [0.15, 0.2) is 84.9 Å². The number of aryl methyl sites for hydroxylation is 1. The van der Waals surface area contributed by atoms with Crippen LogP contribution >= 0.6 is 0 Å². The van der Waals surface area contributed by atoms with Gasteiger partial charge in [-0.05, 0) is 127 Å². The first-order chi connectivity index (χ1) is 20.6. The second kappa shape index (κ2) is 11.8. The summed E-state index contributed by atoms with van der Waals surface area (Å²) in [7, 11) is 0. The van der Waals surface area contributed by atoms with Crippen LogP contribution in [0.25, 0.3) is 11.1 Å². The third-order valence-corrected chi connectivity index (χ3v) is 9.83. The highest BCUT2D eigenvalue weighted by molar-refractivity contribution is 5.86. The topological polar surface area (TPSA) is 6.48 Å². The average Bonchev–Trinajstić information content (AvgIpc) is 2.96. The van der Waals surface area contributed by atoms with E-state index in [0.717, 1.165) is 6.54 Å². The zero-order chi connectivity index (χ0) is 32.0. The number of benzene rings is 4. The smallest absolute Gasteiger partial charge is 0.0496 e. The first-order valence-electron chi connectivity index (χ1n) is 16.7. The Bertz CT molecular complexity index is 1600. The van der Waals surface area contributed by atoms with E-state index in [1.807, 2.05) is 0 Å². The Morgan fingerprint density at radius 3 is 1.82 bits per heavy atom. The molecule has 0 fully saturated rings. The van der Waals surface area contributed by atoms with E-state index in [0.29, 0.717) is 0 Å². The summed E-state index contributed by atoms with van der Waals surface area (Å²) in [5.41, 5.74) is 13.6. The van der Waals surface area contributed by atoms with Crippen LogP contribution in [-0.2, 0) is 16.2 Å². The van der Waals surface area contributed by atoms with Crippen molar-refractivity contribution in [2.45, 2.75) is 111 Å². The average molecular weight is 587 g/mol. The van der Waals surface area contributed by atoms with Gasteiger partial charge in [0.15, 0.2) is 0 Å². The molecule has 0 radical (unpaired) electrons. The van der Waals surface area contributed by atoms with Crippen LogP contribution in [0.5, 0.6) is 0 Å². The summed E-state index contributed by atoms with van der Waals surface area (Å²) < 4.78 is 0. The standard InChI is InChI=1S/C42H54N2/c1-12-43(33-20-18-32(19-21-33)40(5,6)7)34-24-30(4)25-35(26-34)44(29(2)3)39-28-38-37(41(8,9)22-23-42(38,10)11)27-36(39)31-16-14-13-15-17-31/h13-21,24-29H,12,22-23H2,1-11H3. The molecule has 2 nitrogen and oxygen atoms in total. The highest BCUT2D eigenvalue weighted by Crippen LogP contribution is 2.50. The molecular weight excluding hydrogens is 532 g/mol. The summed E-state index contributed by atoms with van der Waals surface area (Å²) in [5, 5.41) is 0. The number of rotatable bonds is 7. The van der Waals surface area contributed by atoms with Gasteiger partial charge in [-0.3, -0.25) is 0 Å². The van der Waals surface area contributed by atoms with Crippen LogP contribution in [0.2, 0.25) is 0 Å². The van der Waals surface area contributed by atoms with Crippen molar-refractivity contribution >= 4 is 22.7 Å². The second-order valence-corrected chi connectivity index (χ2v) is 15.6. The van der Waals surface area contributed by atoms with Gasteiger partial charge in [0.2, 0.25) is 0 Å². The number of hydrogen-bond acceptors (Lipinski definition) is 2. The molecule has 4 aromatic rings. The maximum absolute atomic E-state index is 2.58. The SMILES string of the molecule is CCN(c1ccc(C(C)(C)C)cc1)c1cc(C)cc(N(c2cc3c(cc2-c2ccccc2)C(C)(C)CCC3(C)C)C(C)C)c1. The van der Waals surface area contributed by atoms with E-state index < -0.39 is 0 Å². The van der Waals surface area contributed by atoms with Crippen LogP contribution in [0.4, 0.5) is 22.7 Å². The first kappa shape index (κ1) is 31.9. The summed E-state index contributed by atoms with van der Waals surface area (Å²) in [6.07, 6.45) is 2.41. The van der Waals surface area contributed by atoms with Crippen molar-refractivity contribution in [2.24, 2.45) is 0 Å². The van der Waals surface area contributed by atoms with E-state index in [1.54, 1.807) is 0 Å². The summed E-state index contributed by atoms with van der Waals surface area (Å²) >= 11 is 0. The van der Waals surface area contributed by atoms with Crippen molar-refractivity contribution in [3.63, 3.8) is 0 Å². The van der Waals surface area contributed by atoms with Gasteiger partial charge in [-0.2, -0.15) is 0 Å². The van der Waals surface area contributed by atoms with Gasteiger partial charge in [-0.25, -0.2) is 0 Å². The van der Waals surface area contributed by atoms with E-state index in [-0.39, 0.29) is 22.3 Å². The Balaban J connectivity index is 1.69. The quantitative estimate of drug-likeness (QED) is 0.212. The van der Waals surface area contributed by atoms with Gasteiger partial charge in [0.25, 0.3) is 0 Å². The van der Waals surface area contributed by atoms with Crippen molar-refractivity contribution in [3.8, 4) is 11.1 Å². The molecule has 0 heterocycles. The van der Waals surface area contributed by atoms with Crippen molar-refractivity contribution in [2.75, 3.05) is 16.3 Å². The normalized spacial score (nSPS) is 15.6. The Kier molecular flexibility index (Phi) is 8.53. The van der Waals surface area contributed by atoms with Crippen LogP contribution in [0, 0.1) is 6.92 Å².